The summed E-state index contributed by atoms with van der Waals surface area (Å²) in [7, 11) is 0. The van der Waals surface area contributed by atoms with Gasteiger partial charge in [0.15, 0.2) is 4.96 Å². The van der Waals surface area contributed by atoms with Crippen LogP contribution in [-0.2, 0) is 6.54 Å². The zero-order valence-corrected chi connectivity index (χ0v) is 11.6. The van der Waals surface area contributed by atoms with Crippen LogP contribution in [0.2, 0.25) is 0 Å². The fourth-order valence-electron chi connectivity index (χ4n) is 2.52. The fraction of sp³-hybridized carbons (Fsp3) is 0.0714. The van der Waals surface area contributed by atoms with E-state index in [4.69, 9.17) is 5.73 Å². The molecule has 6 nitrogen and oxygen atoms in total. The highest BCUT2D eigenvalue weighted by Crippen LogP contribution is 2.28. The first-order valence-corrected chi connectivity index (χ1v) is 7.19. The molecule has 0 aliphatic carbocycles. The summed E-state index contributed by atoms with van der Waals surface area (Å²) in [5, 5.41) is 1.93. The maximum absolute atomic E-state index is 12.4. The normalized spacial score (nSPS) is 14.2. The zero-order chi connectivity index (χ0) is 14.6. The average Bonchev–Trinajstić information content (AvgIpc) is 3.09. The molecule has 0 spiro atoms. The van der Waals surface area contributed by atoms with Gasteiger partial charge in [-0.1, -0.05) is 6.07 Å². The molecule has 7 heteroatoms. The number of aromatic nitrogens is 2. The maximum Gasteiger partial charge on any atom is 0.264 e. The van der Waals surface area contributed by atoms with Crippen molar-refractivity contribution < 1.29 is 9.59 Å². The van der Waals surface area contributed by atoms with Crippen molar-refractivity contribution in [1.29, 1.82) is 0 Å². The number of rotatable bonds is 2. The number of imidazole rings is 1. The van der Waals surface area contributed by atoms with E-state index in [9.17, 15) is 9.59 Å². The Labute approximate surface area is 123 Å². The lowest BCUT2D eigenvalue weighted by Crippen LogP contribution is -2.29. The third kappa shape index (κ3) is 1.67. The number of fused-ring (bicyclic) bond motifs is 2. The molecule has 0 saturated heterocycles. The van der Waals surface area contributed by atoms with E-state index in [1.54, 1.807) is 18.2 Å². The van der Waals surface area contributed by atoms with Gasteiger partial charge < -0.3 is 5.73 Å². The Balaban J connectivity index is 1.71. The predicted molar refractivity (Wildman–Crippen MR) is 78.1 cm³/mol. The third-order valence-corrected chi connectivity index (χ3v) is 4.27. The van der Waals surface area contributed by atoms with E-state index in [2.05, 4.69) is 4.98 Å². The van der Waals surface area contributed by atoms with Crippen molar-refractivity contribution in [3.8, 4) is 0 Å². The van der Waals surface area contributed by atoms with Crippen molar-refractivity contribution >= 4 is 33.8 Å². The van der Waals surface area contributed by atoms with E-state index in [0.717, 1.165) is 4.96 Å². The predicted octanol–water partition coefficient (Wildman–Crippen LogP) is 1.77. The number of imide groups is 1. The van der Waals surface area contributed by atoms with E-state index >= 15 is 0 Å². The molecular weight excluding hydrogens is 288 g/mol. The van der Waals surface area contributed by atoms with Gasteiger partial charge in [-0.25, -0.2) is 4.98 Å². The fourth-order valence-corrected chi connectivity index (χ4v) is 3.24. The Morgan fingerprint density at radius 1 is 1.24 bits per heavy atom. The quantitative estimate of drug-likeness (QED) is 0.577. The number of nitrogen functional groups attached to an aromatic ring is 1. The van der Waals surface area contributed by atoms with Gasteiger partial charge in [-0.3, -0.25) is 18.9 Å². The summed E-state index contributed by atoms with van der Waals surface area (Å²) >= 11 is 1.50. The Morgan fingerprint density at radius 2 is 2.10 bits per heavy atom. The van der Waals surface area contributed by atoms with Crippen LogP contribution < -0.4 is 5.73 Å². The van der Waals surface area contributed by atoms with Crippen LogP contribution in [0.15, 0.2) is 36.0 Å². The lowest BCUT2D eigenvalue weighted by atomic mass is 10.1. The SMILES string of the molecule is Nc1cccc2c1C(=O)N(Cc1cn3ccsc3n1)C2=O. The van der Waals surface area contributed by atoms with Crippen molar-refractivity contribution in [2.45, 2.75) is 6.54 Å². The highest BCUT2D eigenvalue weighted by Gasteiger charge is 2.37. The second-order valence-electron chi connectivity index (χ2n) is 4.79. The number of carbonyl (C=O) groups excluding carboxylic acids is 2. The maximum atomic E-state index is 12.4. The molecule has 1 aliphatic heterocycles. The molecule has 0 fully saturated rings. The molecule has 2 N–H and O–H groups in total. The van der Waals surface area contributed by atoms with Gasteiger partial charge >= 0.3 is 0 Å². The van der Waals surface area contributed by atoms with Crippen LogP contribution in [0, 0.1) is 0 Å². The van der Waals surface area contributed by atoms with E-state index < -0.39 is 0 Å². The van der Waals surface area contributed by atoms with Crippen LogP contribution in [0.3, 0.4) is 0 Å². The van der Waals surface area contributed by atoms with Crippen molar-refractivity contribution in [3.63, 3.8) is 0 Å². The van der Waals surface area contributed by atoms with Crippen molar-refractivity contribution in [3.05, 3.63) is 52.8 Å². The molecule has 104 valence electrons. The number of carbonyl (C=O) groups is 2. The molecule has 0 saturated carbocycles. The summed E-state index contributed by atoms with van der Waals surface area (Å²) in [6, 6.07) is 4.92. The lowest BCUT2D eigenvalue weighted by Gasteiger charge is -2.11. The van der Waals surface area contributed by atoms with Crippen LogP contribution in [-0.4, -0.2) is 26.1 Å². The van der Waals surface area contributed by atoms with Crippen molar-refractivity contribution in [1.82, 2.24) is 14.3 Å². The van der Waals surface area contributed by atoms with Crippen LogP contribution in [0.4, 0.5) is 5.69 Å². The molecule has 0 radical (unpaired) electrons. The molecule has 0 atom stereocenters. The largest absolute Gasteiger partial charge is 0.398 e. The Hall–Kier alpha value is -2.67. The number of hydrogen-bond acceptors (Lipinski definition) is 5. The summed E-state index contributed by atoms with van der Waals surface area (Å²) in [6.45, 7) is 0.153. The molecule has 3 aromatic rings. The standard InChI is InChI=1S/C14H10N4O2S/c15-10-3-1-2-9-11(10)13(20)18(12(9)19)7-8-6-17-4-5-21-14(17)16-8/h1-6H,7,15H2. The highest BCUT2D eigenvalue weighted by molar-refractivity contribution is 7.15. The first kappa shape index (κ1) is 12.1. The molecule has 1 aromatic carbocycles. The summed E-state index contributed by atoms with van der Waals surface area (Å²) in [5.41, 5.74) is 7.47. The first-order chi connectivity index (χ1) is 10.1. The molecule has 4 rings (SSSR count). The molecule has 3 heterocycles. The van der Waals surface area contributed by atoms with Gasteiger partial charge in [-0.2, -0.15) is 0 Å². The van der Waals surface area contributed by atoms with E-state index in [1.165, 1.54) is 16.2 Å². The van der Waals surface area contributed by atoms with Crippen LogP contribution in [0.25, 0.3) is 4.96 Å². The van der Waals surface area contributed by atoms with Crippen LogP contribution >= 0.6 is 11.3 Å². The highest BCUT2D eigenvalue weighted by atomic mass is 32.1. The number of nitrogens with two attached hydrogens (primary N) is 1. The minimum atomic E-state index is -0.357. The minimum Gasteiger partial charge on any atom is -0.398 e. The monoisotopic (exact) mass is 298 g/mol. The summed E-state index contributed by atoms with van der Waals surface area (Å²) in [6.07, 6.45) is 3.70. The van der Waals surface area contributed by atoms with Gasteiger partial charge in [-0.05, 0) is 12.1 Å². The van der Waals surface area contributed by atoms with Gasteiger partial charge in [0.2, 0.25) is 0 Å². The first-order valence-electron chi connectivity index (χ1n) is 6.31. The van der Waals surface area contributed by atoms with E-state index in [0.29, 0.717) is 22.5 Å². The summed E-state index contributed by atoms with van der Waals surface area (Å²) in [5.74, 6) is -0.678. The molecule has 2 aromatic heterocycles. The number of benzene rings is 1. The van der Waals surface area contributed by atoms with Gasteiger partial charge in [0, 0.05) is 23.5 Å². The number of amides is 2. The second-order valence-corrected chi connectivity index (χ2v) is 5.66. The Bertz CT molecular complexity index is 867. The molecule has 1 aliphatic rings. The lowest BCUT2D eigenvalue weighted by molar-refractivity contribution is 0.0641. The summed E-state index contributed by atoms with van der Waals surface area (Å²) in [4.78, 5) is 31.1. The zero-order valence-electron chi connectivity index (χ0n) is 10.8. The average molecular weight is 298 g/mol. The van der Waals surface area contributed by atoms with Crippen molar-refractivity contribution in [2.24, 2.45) is 0 Å². The van der Waals surface area contributed by atoms with E-state index in [-0.39, 0.29) is 18.4 Å². The Kier molecular flexibility index (Phi) is 2.40. The molecule has 2 amide bonds. The topological polar surface area (TPSA) is 80.7 Å². The van der Waals surface area contributed by atoms with Crippen LogP contribution in [0.5, 0.6) is 0 Å². The minimum absolute atomic E-state index is 0.153. The molecule has 0 bridgehead atoms. The molecular formula is C14H10N4O2S. The second kappa shape index (κ2) is 4.16. The number of nitrogens with zero attached hydrogens (tertiary/aromatic N) is 3. The van der Waals surface area contributed by atoms with Crippen LogP contribution in [0.1, 0.15) is 26.4 Å². The van der Waals surface area contributed by atoms with Gasteiger partial charge in [0.05, 0.1) is 23.4 Å². The number of hydrogen-bond donors (Lipinski definition) is 1. The number of thiazole rings is 1. The number of anilines is 1. The van der Waals surface area contributed by atoms with Gasteiger partial charge in [0.25, 0.3) is 11.8 Å². The molecule has 21 heavy (non-hydrogen) atoms. The summed E-state index contributed by atoms with van der Waals surface area (Å²) < 4.78 is 1.87. The van der Waals surface area contributed by atoms with Crippen molar-refractivity contribution in [2.75, 3.05) is 5.73 Å². The third-order valence-electron chi connectivity index (χ3n) is 3.49. The Morgan fingerprint density at radius 3 is 2.86 bits per heavy atom. The van der Waals surface area contributed by atoms with E-state index in [1.807, 2.05) is 22.2 Å². The molecule has 0 unspecified atom stereocenters. The van der Waals surface area contributed by atoms with Gasteiger partial charge in [-0.15, -0.1) is 11.3 Å². The smallest absolute Gasteiger partial charge is 0.264 e. The van der Waals surface area contributed by atoms with Gasteiger partial charge in [0.1, 0.15) is 0 Å².